The Morgan fingerprint density at radius 3 is 1.92 bits per heavy atom. The Kier molecular flexibility index (Phi) is 10.9. The number of nitrogens with zero attached hydrogens (tertiary/aromatic N) is 2. The number of nitrogens with one attached hydrogen (secondary N) is 1. The van der Waals surface area contributed by atoms with Crippen LogP contribution in [0.3, 0.4) is 0 Å². The zero-order chi connectivity index (χ0) is 18.1. The summed E-state index contributed by atoms with van der Waals surface area (Å²) in [5.41, 5.74) is 8.52. The molecule has 135 valence electrons. The molecule has 1 aliphatic heterocycles. The third kappa shape index (κ3) is 7.67. The van der Waals surface area contributed by atoms with E-state index in [1.807, 2.05) is 6.07 Å². The van der Waals surface area contributed by atoms with Crippen LogP contribution in [0.2, 0.25) is 0 Å². The molecular formula is C21H26N3OPr-. The van der Waals surface area contributed by atoms with Crippen molar-refractivity contribution in [3.05, 3.63) is 89.7 Å². The zero-order valence-corrected chi connectivity index (χ0v) is 19.2. The van der Waals surface area contributed by atoms with Crippen molar-refractivity contribution in [3.8, 4) is 0 Å². The van der Waals surface area contributed by atoms with E-state index in [1.54, 1.807) is 24.3 Å². The second-order valence-electron chi connectivity index (χ2n) is 6.28. The average molecular weight is 477 g/mol. The van der Waals surface area contributed by atoms with E-state index >= 15 is 0 Å². The maximum atomic E-state index is 10.3. The molecule has 1 amide bonds. The monoisotopic (exact) mass is 477 g/mol. The van der Waals surface area contributed by atoms with E-state index in [0.717, 1.165) is 19.6 Å². The van der Waals surface area contributed by atoms with Gasteiger partial charge in [-0.3, -0.25) is 4.90 Å². The number of likely N-dealkylation sites (N-methyl/N-ethyl adjacent to an activating group) is 1. The third-order valence-corrected chi connectivity index (χ3v) is 4.17. The van der Waals surface area contributed by atoms with Gasteiger partial charge in [0, 0.05) is 67.0 Å². The van der Waals surface area contributed by atoms with Crippen molar-refractivity contribution in [2.24, 2.45) is 0 Å². The summed E-state index contributed by atoms with van der Waals surface area (Å²) >= 11 is 0. The van der Waals surface area contributed by atoms with E-state index in [9.17, 15) is 4.79 Å². The van der Waals surface area contributed by atoms with Crippen LogP contribution in [-0.4, -0.2) is 49.4 Å². The van der Waals surface area contributed by atoms with Gasteiger partial charge in [-0.05, 0) is 25.2 Å². The summed E-state index contributed by atoms with van der Waals surface area (Å²) in [7, 11) is 4.31. The number of carbonyl (C=O) groups excluding carboxylic acids is 1. The Labute approximate surface area is 190 Å². The van der Waals surface area contributed by atoms with Crippen molar-refractivity contribution < 1.29 is 46.1 Å². The number of carbonyl (C=O) groups is 1. The second kappa shape index (κ2) is 12.3. The first-order valence-electron chi connectivity index (χ1n) is 8.47. The molecule has 2 aromatic rings. The van der Waals surface area contributed by atoms with Crippen LogP contribution in [0.1, 0.15) is 22.0 Å². The van der Waals surface area contributed by atoms with Gasteiger partial charge in [0.1, 0.15) is 0 Å². The number of rotatable bonds is 5. The fourth-order valence-electron chi connectivity index (χ4n) is 2.75. The Hall–Kier alpha value is -1.07. The molecular weight excluding hydrogens is 451 g/mol. The fourth-order valence-corrected chi connectivity index (χ4v) is 2.75. The number of hydrogen-bond donors (Lipinski definition) is 0. The minimum Gasteiger partial charge on any atom is -0.664 e. The molecule has 1 atom stereocenters. The summed E-state index contributed by atoms with van der Waals surface area (Å²) in [6.07, 6.45) is 4.50. The zero-order valence-electron chi connectivity index (χ0n) is 15.5. The van der Waals surface area contributed by atoms with Crippen molar-refractivity contribution in [1.29, 1.82) is 0 Å². The summed E-state index contributed by atoms with van der Waals surface area (Å²) < 4.78 is 0. The Morgan fingerprint density at radius 1 is 1.00 bits per heavy atom. The predicted octanol–water partition coefficient (Wildman–Crippen LogP) is 4.04. The molecule has 1 aliphatic rings. The molecule has 4 nitrogen and oxygen atoms in total. The number of amides is 1. The van der Waals surface area contributed by atoms with Gasteiger partial charge in [-0.2, -0.15) is 0 Å². The minimum absolute atomic E-state index is 0. The van der Waals surface area contributed by atoms with Crippen molar-refractivity contribution in [3.63, 3.8) is 0 Å². The maximum Gasteiger partial charge on any atom is 0.0796 e. The number of hydrogen-bond acceptors (Lipinski definition) is 3. The summed E-state index contributed by atoms with van der Waals surface area (Å²) in [4.78, 5) is 15.1. The quantitative estimate of drug-likeness (QED) is 0.611. The molecule has 0 saturated carbocycles. The predicted molar refractivity (Wildman–Crippen MR) is 104 cm³/mol. The molecule has 26 heavy (non-hydrogen) atoms. The normalized spacial score (nSPS) is 14.3. The minimum atomic E-state index is -0.629. The molecule has 1 N–H and O–H groups in total. The maximum absolute atomic E-state index is 10.3. The van der Waals surface area contributed by atoms with E-state index in [2.05, 4.69) is 66.4 Å². The molecule has 0 bridgehead atoms. The molecule has 0 saturated heterocycles. The van der Waals surface area contributed by atoms with Crippen LogP contribution in [0.5, 0.6) is 0 Å². The molecule has 0 aromatic heterocycles. The Bertz CT molecular complexity index is 666. The van der Waals surface area contributed by atoms with Crippen LogP contribution >= 0.6 is 0 Å². The van der Waals surface area contributed by atoms with E-state index in [1.165, 1.54) is 5.56 Å². The topological polar surface area (TPSA) is 47.4 Å². The standard InChI is InChI=1S/C14H20N2.C7H7NO.Pr/c1-15(2)14(12-16-10-6-7-11-16)13-8-4-3-5-9-13;8-7(9)6-4-2-1-3-5-6;/h3-9,14H,10-12H2,1-2H3;1-5H,(H2,8,9);/p-1/t14-;;/m1../s1. The van der Waals surface area contributed by atoms with Crippen LogP contribution < -0.4 is 0 Å². The van der Waals surface area contributed by atoms with E-state index in [4.69, 9.17) is 5.73 Å². The van der Waals surface area contributed by atoms with Crippen molar-refractivity contribution >= 4 is 5.91 Å². The van der Waals surface area contributed by atoms with Gasteiger partial charge in [0.2, 0.25) is 0 Å². The second-order valence-corrected chi connectivity index (χ2v) is 6.28. The van der Waals surface area contributed by atoms with Crippen LogP contribution in [0.4, 0.5) is 0 Å². The van der Waals surface area contributed by atoms with Gasteiger partial charge in [0.15, 0.2) is 0 Å². The SMILES string of the molecule is CN(C)[C@H](CN1CC=CC1)c1ccccc1.[NH-]C(=O)c1ccccc1.[Pr]. The van der Waals surface area contributed by atoms with Gasteiger partial charge >= 0.3 is 0 Å². The number of benzene rings is 2. The summed E-state index contributed by atoms with van der Waals surface area (Å²) in [5, 5.41) is 0. The summed E-state index contributed by atoms with van der Waals surface area (Å²) in [6.45, 7) is 3.29. The molecule has 0 spiro atoms. The Balaban J connectivity index is 0.000000290. The van der Waals surface area contributed by atoms with Crippen molar-refractivity contribution in [1.82, 2.24) is 9.80 Å². The summed E-state index contributed by atoms with van der Waals surface area (Å²) in [5.74, 6) is -0.629. The van der Waals surface area contributed by atoms with Crippen LogP contribution in [0.25, 0.3) is 5.73 Å². The van der Waals surface area contributed by atoms with E-state index < -0.39 is 5.91 Å². The average Bonchev–Trinajstić information content (AvgIpc) is 3.15. The van der Waals surface area contributed by atoms with Gasteiger partial charge < -0.3 is 15.4 Å². The molecule has 2 aromatic carbocycles. The first-order valence-corrected chi connectivity index (χ1v) is 8.47. The van der Waals surface area contributed by atoms with Gasteiger partial charge in [-0.1, -0.05) is 72.8 Å². The van der Waals surface area contributed by atoms with E-state index in [0.29, 0.717) is 11.6 Å². The van der Waals surface area contributed by atoms with Gasteiger partial charge in [-0.15, -0.1) is 0 Å². The Morgan fingerprint density at radius 2 is 1.50 bits per heavy atom. The molecule has 1 radical (unpaired) electrons. The molecule has 1 heterocycles. The molecule has 0 fully saturated rings. The van der Waals surface area contributed by atoms with Crippen molar-refractivity contribution in [2.45, 2.75) is 6.04 Å². The molecule has 3 rings (SSSR count). The van der Waals surface area contributed by atoms with Crippen LogP contribution in [0.15, 0.2) is 72.8 Å². The van der Waals surface area contributed by atoms with Crippen molar-refractivity contribution in [2.75, 3.05) is 33.7 Å². The smallest absolute Gasteiger partial charge is 0.0796 e. The third-order valence-electron chi connectivity index (χ3n) is 4.17. The largest absolute Gasteiger partial charge is 0.664 e. The fraction of sp³-hybridized carbons (Fsp3) is 0.286. The van der Waals surface area contributed by atoms with E-state index in [-0.39, 0.29) is 41.3 Å². The summed E-state index contributed by atoms with van der Waals surface area (Å²) in [6, 6.07) is 19.8. The van der Waals surface area contributed by atoms with Gasteiger partial charge in [-0.25, -0.2) is 0 Å². The first kappa shape index (κ1) is 23.0. The molecule has 5 heteroatoms. The van der Waals surface area contributed by atoms with Crippen LogP contribution in [0, 0.1) is 41.3 Å². The molecule has 0 aliphatic carbocycles. The molecule has 0 unspecified atom stereocenters. The van der Waals surface area contributed by atoms with Gasteiger partial charge in [0.25, 0.3) is 0 Å². The van der Waals surface area contributed by atoms with Gasteiger partial charge in [0.05, 0.1) is 5.91 Å². The van der Waals surface area contributed by atoms with Crippen LogP contribution in [-0.2, 0) is 0 Å². The first-order chi connectivity index (χ1) is 12.1.